The molecule has 132 valence electrons. The number of hydrogen-bond donors (Lipinski definition) is 3. The molecule has 3 atom stereocenters. The van der Waals surface area contributed by atoms with Crippen LogP contribution in [-0.4, -0.2) is 31.7 Å². The summed E-state index contributed by atoms with van der Waals surface area (Å²) in [5.74, 6) is 0. The van der Waals surface area contributed by atoms with Gasteiger partial charge >= 0.3 is 5.69 Å². The van der Waals surface area contributed by atoms with Crippen molar-refractivity contribution in [3.8, 4) is 0 Å². The van der Waals surface area contributed by atoms with Crippen LogP contribution in [0.1, 0.15) is 36.4 Å². The summed E-state index contributed by atoms with van der Waals surface area (Å²) in [6.07, 6.45) is 3.82. The van der Waals surface area contributed by atoms with E-state index in [4.69, 9.17) is 0 Å². The molecule has 1 aliphatic heterocycles. The Bertz CT molecular complexity index is 915. The fourth-order valence-corrected chi connectivity index (χ4v) is 4.32. The maximum Gasteiger partial charge on any atom is 0.326 e. The van der Waals surface area contributed by atoms with Gasteiger partial charge in [-0.15, -0.1) is 11.3 Å². The topological polar surface area (TPSA) is 82.9 Å². The standard InChI is InChI=1S/C18H22N4O2S/c1-11(5-6-15-19-8-10-25-15)20-14-7-9-22-16-12(17(14)23)3-2-4-13(16)21-18(22)24/h2-4,8,10-11,14,17,20,23H,5-7,9H2,1H3,(H,21,24). The van der Waals surface area contributed by atoms with E-state index < -0.39 is 6.10 Å². The monoisotopic (exact) mass is 358 g/mol. The molecule has 3 aromatic rings. The molecule has 0 bridgehead atoms. The molecule has 6 nitrogen and oxygen atoms in total. The number of aromatic nitrogens is 3. The van der Waals surface area contributed by atoms with E-state index in [0.29, 0.717) is 13.0 Å². The van der Waals surface area contributed by atoms with Crippen molar-refractivity contribution in [2.45, 2.75) is 50.9 Å². The molecule has 2 aromatic heterocycles. The highest BCUT2D eigenvalue weighted by Gasteiger charge is 2.29. The van der Waals surface area contributed by atoms with Crippen LogP contribution in [0.4, 0.5) is 0 Å². The van der Waals surface area contributed by atoms with Gasteiger partial charge in [0.25, 0.3) is 0 Å². The largest absolute Gasteiger partial charge is 0.387 e. The van der Waals surface area contributed by atoms with E-state index in [1.807, 2.05) is 29.8 Å². The second-order valence-electron chi connectivity index (χ2n) is 6.70. The van der Waals surface area contributed by atoms with Crippen molar-refractivity contribution in [1.29, 1.82) is 0 Å². The normalized spacial score (nSPS) is 21.4. The minimum absolute atomic E-state index is 0.0730. The summed E-state index contributed by atoms with van der Waals surface area (Å²) < 4.78 is 1.75. The second-order valence-corrected chi connectivity index (χ2v) is 7.68. The molecule has 7 heteroatoms. The van der Waals surface area contributed by atoms with Gasteiger partial charge in [0.1, 0.15) is 0 Å². The van der Waals surface area contributed by atoms with Gasteiger partial charge in [0.15, 0.2) is 0 Å². The summed E-state index contributed by atoms with van der Waals surface area (Å²) >= 11 is 1.68. The van der Waals surface area contributed by atoms with Gasteiger partial charge in [-0.25, -0.2) is 9.78 Å². The average molecular weight is 358 g/mol. The number of H-pyrrole nitrogens is 1. The molecule has 3 unspecified atom stereocenters. The predicted molar refractivity (Wildman–Crippen MR) is 99.0 cm³/mol. The molecule has 0 saturated carbocycles. The number of hydrogen-bond acceptors (Lipinski definition) is 5. The van der Waals surface area contributed by atoms with Crippen molar-refractivity contribution in [2.24, 2.45) is 0 Å². The molecule has 0 spiro atoms. The summed E-state index contributed by atoms with van der Waals surface area (Å²) in [5, 5.41) is 17.6. The van der Waals surface area contributed by atoms with Crippen LogP contribution in [-0.2, 0) is 13.0 Å². The van der Waals surface area contributed by atoms with Gasteiger partial charge in [0, 0.05) is 42.2 Å². The van der Waals surface area contributed by atoms with E-state index in [1.54, 1.807) is 15.9 Å². The van der Waals surface area contributed by atoms with Crippen LogP contribution >= 0.6 is 11.3 Å². The fraction of sp³-hybridized carbons (Fsp3) is 0.444. The third kappa shape index (κ3) is 3.15. The summed E-state index contributed by atoms with van der Waals surface area (Å²) in [6.45, 7) is 2.74. The van der Waals surface area contributed by atoms with Crippen LogP contribution in [0.5, 0.6) is 0 Å². The number of rotatable bonds is 5. The van der Waals surface area contributed by atoms with E-state index in [9.17, 15) is 9.90 Å². The van der Waals surface area contributed by atoms with Crippen LogP contribution in [0.25, 0.3) is 11.0 Å². The molecule has 1 aliphatic rings. The lowest BCUT2D eigenvalue weighted by Gasteiger charge is -2.26. The van der Waals surface area contributed by atoms with Gasteiger partial charge in [-0.05, 0) is 25.8 Å². The molecule has 0 amide bonds. The number of aromatic amines is 1. The molecule has 25 heavy (non-hydrogen) atoms. The van der Waals surface area contributed by atoms with Crippen LogP contribution < -0.4 is 11.0 Å². The first kappa shape index (κ1) is 16.5. The number of para-hydroxylation sites is 1. The van der Waals surface area contributed by atoms with Crippen molar-refractivity contribution in [3.63, 3.8) is 0 Å². The van der Waals surface area contributed by atoms with Gasteiger partial charge in [0.2, 0.25) is 0 Å². The number of nitrogens with one attached hydrogen (secondary N) is 2. The Morgan fingerprint density at radius 3 is 3.20 bits per heavy atom. The van der Waals surface area contributed by atoms with E-state index in [2.05, 4.69) is 22.2 Å². The van der Waals surface area contributed by atoms with E-state index in [0.717, 1.165) is 34.4 Å². The van der Waals surface area contributed by atoms with Crippen molar-refractivity contribution in [1.82, 2.24) is 19.9 Å². The van der Waals surface area contributed by atoms with Crippen molar-refractivity contribution in [3.05, 3.63) is 50.8 Å². The molecule has 4 rings (SSSR count). The molecular weight excluding hydrogens is 336 g/mol. The molecule has 3 N–H and O–H groups in total. The lowest BCUT2D eigenvalue weighted by molar-refractivity contribution is 0.119. The van der Waals surface area contributed by atoms with Gasteiger partial charge in [-0.3, -0.25) is 4.57 Å². The van der Waals surface area contributed by atoms with E-state index >= 15 is 0 Å². The van der Waals surface area contributed by atoms with Gasteiger partial charge in [-0.1, -0.05) is 12.1 Å². The average Bonchev–Trinajstić information content (AvgIpc) is 3.19. The second kappa shape index (κ2) is 6.74. The Balaban J connectivity index is 1.51. The number of aliphatic hydroxyl groups excluding tert-OH is 1. The summed E-state index contributed by atoms with van der Waals surface area (Å²) in [7, 11) is 0. The minimum Gasteiger partial charge on any atom is -0.387 e. The van der Waals surface area contributed by atoms with Gasteiger partial charge in [0.05, 0.1) is 22.1 Å². The number of aryl methyl sites for hydroxylation is 2. The lowest BCUT2D eigenvalue weighted by Crippen LogP contribution is -2.41. The van der Waals surface area contributed by atoms with E-state index in [-0.39, 0.29) is 17.8 Å². The highest BCUT2D eigenvalue weighted by atomic mass is 32.1. The Morgan fingerprint density at radius 2 is 2.40 bits per heavy atom. The zero-order chi connectivity index (χ0) is 17.4. The third-order valence-electron chi connectivity index (χ3n) is 4.96. The zero-order valence-electron chi connectivity index (χ0n) is 14.1. The molecule has 1 aromatic carbocycles. The Hall–Kier alpha value is -1.96. The van der Waals surface area contributed by atoms with Crippen molar-refractivity contribution < 1.29 is 5.11 Å². The van der Waals surface area contributed by atoms with Crippen LogP contribution in [0, 0.1) is 0 Å². The first-order chi connectivity index (χ1) is 12.1. The predicted octanol–water partition coefficient (Wildman–Crippen LogP) is 2.20. The van der Waals surface area contributed by atoms with Crippen LogP contribution in [0.3, 0.4) is 0 Å². The fourth-order valence-electron chi connectivity index (χ4n) is 3.68. The maximum absolute atomic E-state index is 12.2. The van der Waals surface area contributed by atoms with Gasteiger partial charge < -0.3 is 15.4 Å². The smallest absolute Gasteiger partial charge is 0.326 e. The molecule has 3 heterocycles. The summed E-state index contributed by atoms with van der Waals surface area (Å²) in [4.78, 5) is 19.4. The molecule has 0 saturated heterocycles. The zero-order valence-corrected chi connectivity index (χ0v) is 14.9. The number of benzene rings is 1. The Labute approximate surface area is 149 Å². The number of imidazole rings is 1. The van der Waals surface area contributed by atoms with E-state index in [1.165, 1.54) is 0 Å². The molecule has 0 fully saturated rings. The molecule has 0 aliphatic carbocycles. The third-order valence-corrected chi connectivity index (χ3v) is 5.80. The van der Waals surface area contributed by atoms with Crippen LogP contribution in [0.2, 0.25) is 0 Å². The van der Waals surface area contributed by atoms with Crippen LogP contribution in [0.15, 0.2) is 34.6 Å². The van der Waals surface area contributed by atoms with Crippen molar-refractivity contribution in [2.75, 3.05) is 0 Å². The first-order valence-corrected chi connectivity index (χ1v) is 9.55. The van der Waals surface area contributed by atoms with Gasteiger partial charge in [-0.2, -0.15) is 0 Å². The number of aliphatic hydroxyl groups is 1. The maximum atomic E-state index is 12.2. The highest BCUT2D eigenvalue weighted by molar-refractivity contribution is 7.09. The Morgan fingerprint density at radius 1 is 1.52 bits per heavy atom. The highest BCUT2D eigenvalue weighted by Crippen LogP contribution is 2.30. The van der Waals surface area contributed by atoms with Crippen molar-refractivity contribution >= 4 is 22.4 Å². The first-order valence-electron chi connectivity index (χ1n) is 8.67. The molecular formula is C18H22N4O2S. The number of nitrogens with zero attached hydrogens (tertiary/aromatic N) is 2. The SMILES string of the molecule is CC(CCc1nccs1)NC1CCn2c(=O)[nH]c3cccc(c32)C1O. The number of thiazole rings is 1. The summed E-state index contributed by atoms with van der Waals surface area (Å²) in [5.41, 5.74) is 2.34. The minimum atomic E-state index is -0.630. The Kier molecular flexibility index (Phi) is 4.45. The molecule has 0 radical (unpaired) electrons. The summed E-state index contributed by atoms with van der Waals surface area (Å²) in [6, 6.07) is 5.87. The lowest BCUT2D eigenvalue weighted by atomic mass is 9.98. The quantitative estimate of drug-likeness (QED) is 0.653.